The van der Waals surface area contributed by atoms with Crippen molar-refractivity contribution >= 4 is 5.97 Å². The summed E-state index contributed by atoms with van der Waals surface area (Å²) >= 11 is 0. The van der Waals surface area contributed by atoms with E-state index < -0.39 is 5.97 Å². The summed E-state index contributed by atoms with van der Waals surface area (Å²) in [5, 5.41) is 23.3. The van der Waals surface area contributed by atoms with Crippen molar-refractivity contribution in [3.63, 3.8) is 0 Å². The number of hydrogen-bond acceptors (Lipinski definition) is 4. The van der Waals surface area contributed by atoms with Gasteiger partial charge in [0.2, 0.25) is 5.88 Å². The van der Waals surface area contributed by atoms with Gasteiger partial charge in [-0.25, -0.2) is 4.79 Å². The number of aromatic nitrogens is 2. The summed E-state index contributed by atoms with van der Waals surface area (Å²) < 4.78 is 6.44. The van der Waals surface area contributed by atoms with Crippen LogP contribution in [0.3, 0.4) is 0 Å². The van der Waals surface area contributed by atoms with Crippen molar-refractivity contribution in [2.75, 3.05) is 7.11 Å². The van der Waals surface area contributed by atoms with Crippen LogP contribution in [0.2, 0.25) is 0 Å². The fraction of sp³-hybridized carbons (Fsp3) is 0.231. The van der Waals surface area contributed by atoms with Gasteiger partial charge >= 0.3 is 5.97 Å². The van der Waals surface area contributed by atoms with Crippen LogP contribution in [0.4, 0.5) is 0 Å². The standard InChI is InChI=1S/C13H14N2O4/c1-3-8-11(13(17)18)12(19-2)15(14-8)9-6-4-5-7-10(9)16/h4-7,16H,3H2,1-2H3,(H,17,18). The third-order valence-corrected chi connectivity index (χ3v) is 2.77. The monoisotopic (exact) mass is 262 g/mol. The molecule has 1 aromatic carbocycles. The lowest BCUT2D eigenvalue weighted by Crippen LogP contribution is -2.03. The van der Waals surface area contributed by atoms with Crippen molar-refractivity contribution < 1.29 is 19.7 Å². The molecule has 0 saturated carbocycles. The molecule has 2 rings (SSSR count). The van der Waals surface area contributed by atoms with E-state index in [1.807, 2.05) is 6.92 Å². The number of aryl methyl sites for hydroxylation is 1. The van der Waals surface area contributed by atoms with E-state index in [-0.39, 0.29) is 17.2 Å². The molecule has 0 bridgehead atoms. The van der Waals surface area contributed by atoms with Gasteiger partial charge in [0.1, 0.15) is 17.0 Å². The molecule has 6 nitrogen and oxygen atoms in total. The number of aromatic hydroxyl groups is 1. The number of ether oxygens (including phenoxy) is 1. The molecule has 1 heterocycles. The van der Waals surface area contributed by atoms with Gasteiger partial charge in [-0.05, 0) is 18.6 Å². The Bertz CT molecular complexity index is 619. The molecule has 1 aromatic heterocycles. The number of phenolic OH excluding ortho intramolecular Hbond substituents is 1. The summed E-state index contributed by atoms with van der Waals surface area (Å²) in [5.74, 6) is -0.996. The highest BCUT2D eigenvalue weighted by molar-refractivity contribution is 5.92. The van der Waals surface area contributed by atoms with Crippen LogP contribution in [0.1, 0.15) is 23.0 Å². The number of phenols is 1. The van der Waals surface area contributed by atoms with Crippen LogP contribution < -0.4 is 4.74 Å². The summed E-state index contributed by atoms with van der Waals surface area (Å²) in [4.78, 5) is 11.3. The Morgan fingerprint density at radius 2 is 2.11 bits per heavy atom. The van der Waals surface area contributed by atoms with Crippen LogP contribution >= 0.6 is 0 Å². The van der Waals surface area contributed by atoms with Crippen LogP contribution in [-0.2, 0) is 6.42 Å². The molecule has 0 aliphatic rings. The Labute approximate surface area is 109 Å². The number of para-hydroxylation sites is 2. The van der Waals surface area contributed by atoms with Crippen LogP contribution in [0.25, 0.3) is 5.69 Å². The number of hydrogen-bond donors (Lipinski definition) is 2. The minimum atomic E-state index is -1.10. The van der Waals surface area contributed by atoms with Crippen LogP contribution in [-0.4, -0.2) is 33.1 Å². The van der Waals surface area contributed by atoms with Gasteiger partial charge in [0, 0.05) is 0 Å². The summed E-state index contributed by atoms with van der Waals surface area (Å²) in [5.41, 5.74) is 0.808. The van der Waals surface area contributed by atoms with Gasteiger partial charge in [0.25, 0.3) is 0 Å². The van der Waals surface area contributed by atoms with Crippen molar-refractivity contribution in [2.45, 2.75) is 13.3 Å². The highest BCUT2D eigenvalue weighted by Crippen LogP contribution is 2.30. The fourth-order valence-electron chi connectivity index (χ4n) is 1.90. The Hall–Kier alpha value is -2.50. The maximum absolute atomic E-state index is 11.3. The van der Waals surface area contributed by atoms with Crippen LogP contribution in [0.15, 0.2) is 24.3 Å². The molecule has 0 atom stereocenters. The van der Waals surface area contributed by atoms with Crippen LogP contribution in [0.5, 0.6) is 11.6 Å². The summed E-state index contributed by atoms with van der Waals surface area (Å²) in [7, 11) is 1.37. The Morgan fingerprint density at radius 3 is 2.63 bits per heavy atom. The minimum absolute atomic E-state index is 0.00268. The Balaban J connectivity index is 2.71. The number of carbonyl (C=O) groups is 1. The third-order valence-electron chi connectivity index (χ3n) is 2.77. The quantitative estimate of drug-likeness (QED) is 0.878. The molecule has 0 aliphatic heterocycles. The van der Waals surface area contributed by atoms with Gasteiger partial charge in [-0.1, -0.05) is 19.1 Å². The summed E-state index contributed by atoms with van der Waals surface area (Å²) in [6.45, 7) is 1.81. The normalized spacial score (nSPS) is 10.4. The molecule has 100 valence electrons. The first kappa shape index (κ1) is 12.9. The predicted octanol–water partition coefficient (Wildman–Crippen LogP) is 1.85. The van der Waals surface area contributed by atoms with E-state index in [1.54, 1.807) is 18.2 Å². The van der Waals surface area contributed by atoms with E-state index in [0.29, 0.717) is 17.8 Å². The lowest BCUT2D eigenvalue weighted by atomic mass is 10.2. The average molecular weight is 262 g/mol. The molecule has 0 amide bonds. The SMILES string of the molecule is CCc1nn(-c2ccccc2O)c(OC)c1C(=O)O. The molecule has 0 spiro atoms. The summed E-state index contributed by atoms with van der Waals surface area (Å²) in [6.07, 6.45) is 0.457. The Kier molecular flexibility index (Phi) is 3.41. The number of carboxylic acids is 1. The van der Waals surface area contributed by atoms with Gasteiger partial charge in [-0.15, -0.1) is 0 Å². The maximum Gasteiger partial charge on any atom is 0.343 e. The van der Waals surface area contributed by atoms with Crippen molar-refractivity contribution in [2.24, 2.45) is 0 Å². The second-order valence-electron chi connectivity index (χ2n) is 3.89. The number of rotatable bonds is 4. The molecule has 0 saturated heterocycles. The van der Waals surface area contributed by atoms with E-state index in [9.17, 15) is 15.0 Å². The molecule has 2 aromatic rings. The zero-order valence-corrected chi connectivity index (χ0v) is 10.6. The molecule has 6 heteroatoms. The van der Waals surface area contributed by atoms with E-state index >= 15 is 0 Å². The van der Waals surface area contributed by atoms with Gasteiger partial charge in [0.05, 0.1) is 12.8 Å². The van der Waals surface area contributed by atoms with Gasteiger partial charge < -0.3 is 14.9 Å². The average Bonchev–Trinajstić information content (AvgIpc) is 2.77. The molecule has 19 heavy (non-hydrogen) atoms. The zero-order valence-electron chi connectivity index (χ0n) is 10.6. The van der Waals surface area contributed by atoms with Gasteiger partial charge in [0.15, 0.2) is 0 Å². The second-order valence-corrected chi connectivity index (χ2v) is 3.89. The topological polar surface area (TPSA) is 84.6 Å². The molecular formula is C13H14N2O4. The number of carboxylic acid groups (broad SMARTS) is 1. The van der Waals surface area contributed by atoms with E-state index in [0.717, 1.165) is 0 Å². The molecule has 0 unspecified atom stereocenters. The highest BCUT2D eigenvalue weighted by Gasteiger charge is 2.25. The molecular weight excluding hydrogens is 248 g/mol. The van der Waals surface area contributed by atoms with Crippen molar-refractivity contribution in [3.8, 4) is 17.3 Å². The first-order chi connectivity index (χ1) is 9.10. The number of benzene rings is 1. The van der Waals surface area contributed by atoms with Crippen molar-refractivity contribution in [1.29, 1.82) is 0 Å². The van der Waals surface area contributed by atoms with E-state index in [1.165, 1.54) is 17.9 Å². The number of nitrogens with zero attached hydrogens (tertiary/aromatic N) is 2. The smallest absolute Gasteiger partial charge is 0.343 e. The Morgan fingerprint density at radius 1 is 1.42 bits per heavy atom. The molecule has 0 fully saturated rings. The van der Waals surface area contributed by atoms with Gasteiger partial charge in [-0.2, -0.15) is 9.78 Å². The predicted molar refractivity (Wildman–Crippen MR) is 68.1 cm³/mol. The first-order valence-electron chi connectivity index (χ1n) is 5.77. The molecule has 0 aliphatic carbocycles. The lowest BCUT2D eigenvalue weighted by Gasteiger charge is -2.08. The van der Waals surface area contributed by atoms with Crippen molar-refractivity contribution in [3.05, 3.63) is 35.5 Å². The van der Waals surface area contributed by atoms with Gasteiger partial charge in [-0.3, -0.25) is 0 Å². The zero-order chi connectivity index (χ0) is 14.0. The largest absolute Gasteiger partial charge is 0.506 e. The highest BCUT2D eigenvalue weighted by atomic mass is 16.5. The molecule has 2 N–H and O–H groups in total. The first-order valence-corrected chi connectivity index (χ1v) is 5.77. The fourth-order valence-corrected chi connectivity index (χ4v) is 1.90. The minimum Gasteiger partial charge on any atom is -0.506 e. The third kappa shape index (κ3) is 2.12. The summed E-state index contributed by atoms with van der Waals surface area (Å²) in [6, 6.07) is 6.54. The second kappa shape index (κ2) is 5.01. The molecule has 0 radical (unpaired) electrons. The van der Waals surface area contributed by atoms with Crippen molar-refractivity contribution in [1.82, 2.24) is 9.78 Å². The van der Waals surface area contributed by atoms with E-state index in [4.69, 9.17) is 4.74 Å². The number of methoxy groups -OCH3 is 1. The lowest BCUT2D eigenvalue weighted by molar-refractivity contribution is 0.0692. The van der Waals surface area contributed by atoms with E-state index in [2.05, 4.69) is 5.10 Å². The number of aromatic carboxylic acids is 1. The maximum atomic E-state index is 11.3. The van der Waals surface area contributed by atoms with Crippen LogP contribution in [0, 0.1) is 0 Å².